The van der Waals surface area contributed by atoms with E-state index in [0.717, 1.165) is 54.2 Å². The molecule has 3 aromatic rings. The van der Waals surface area contributed by atoms with Gasteiger partial charge in [-0.1, -0.05) is 10.3 Å². The summed E-state index contributed by atoms with van der Waals surface area (Å²) in [4.78, 5) is 20.6. The summed E-state index contributed by atoms with van der Waals surface area (Å²) in [5.41, 5.74) is 3.99. The Morgan fingerprint density at radius 3 is 2.82 bits per heavy atom. The van der Waals surface area contributed by atoms with Gasteiger partial charge in [-0.15, -0.1) is 11.3 Å². The van der Waals surface area contributed by atoms with Crippen LogP contribution < -0.4 is 5.32 Å². The Morgan fingerprint density at radius 1 is 1.32 bits per heavy atom. The van der Waals surface area contributed by atoms with E-state index in [9.17, 15) is 4.79 Å². The van der Waals surface area contributed by atoms with Crippen molar-refractivity contribution in [2.75, 3.05) is 6.54 Å². The van der Waals surface area contributed by atoms with E-state index < -0.39 is 0 Å². The van der Waals surface area contributed by atoms with Crippen molar-refractivity contribution >= 4 is 17.2 Å². The van der Waals surface area contributed by atoms with Crippen molar-refractivity contribution in [2.24, 2.45) is 0 Å². The quantitative estimate of drug-likeness (QED) is 0.701. The highest BCUT2D eigenvalue weighted by atomic mass is 32.1. The van der Waals surface area contributed by atoms with Gasteiger partial charge in [0.1, 0.15) is 11.8 Å². The van der Waals surface area contributed by atoms with Gasteiger partial charge in [-0.05, 0) is 39.7 Å². The fraction of sp³-hybridized carbons (Fsp3) is 0.474. The minimum absolute atomic E-state index is 0.0972. The SMILES string of the molecule is Cc1noc([C@H](C)NC(=O)c2csc3c2CCN(Cc2c(C)noc2C)C3)n1. The third-order valence-electron chi connectivity index (χ3n) is 5.09. The molecule has 0 spiro atoms. The average Bonchev–Trinajstić information content (AvgIpc) is 3.36. The van der Waals surface area contributed by atoms with Gasteiger partial charge in [-0.25, -0.2) is 0 Å². The number of carbonyl (C=O) groups excluding carboxylic acids is 1. The summed E-state index contributed by atoms with van der Waals surface area (Å²) < 4.78 is 10.4. The topological polar surface area (TPSA) is 97.3 Å². The monoisotopic (exact) mass is 401 g/mol. The van der Waals surface area contributed by atoms with Crippen LogP contribution in [0.1, 0.15) is 62.5 Å². The predicted octanol–water partition coefficient (Wildman–Crippen LogP) is 3.09. The molecule has 0 radical (unpaired) electrons. The maximum absolute atomic E-state index is 12.8. The summed E-state index contributed by atoms with van der Waals surface area (Å²) in [6.45, 7) is 10.1. The van der Waals surface area contributed by atoms with Crippen molar-refractivity contribution in [1.29, 1.82) is 0 Å². The van der Waals surface area contributed by atoms with Crippen molar-refractivity contribution in [3.63, 3.8) is 0 Å². The Hall–Kier alpha value is -2.52. The van der Waals surface area contributed by atoms with Crippen LogP contribution in [0.25, 0.3) is 0 Å². The molecule has 0 saturated heterocycles. The van der Waals surface area contributed by atoms with E-state index >= 15 is 0 Å². The molecular formula is C19H23N5O3S. The van der Waals surface area contributed by atoms with Gasteiger partial charge >= 0.3 is 0 Å². The molecular weight excluding hydrogens is 378 g/mol. The zero-order valence-corrected chi connectivity index (χ0v) is 17.2. The summed E-state index contributed by atoms with van der Waals surface area (Å²) in [5.74, 6) is 1.75. The van der Waals surface area contributed by atoms with Crippen LogP contribution in [-0.4, -0.2) is 32.6 Å². The van der Waals surface area contributed by atoms with E-state index in [2.05, 4.69) is 25.5 Å². The number of rotatable bonds is 5. The Morgan fingerprint density at radius 2 is 2.14 bits per heavy atom. The summed E-state index contributed by atoms with van der Waals surface area (Å²) in [5, 5.41) is 12.7. The summed E-state index contributed by atoms with van der Waals surface area (Å²) in [7, 11) is 0. The number of carbonyl (C=O) groups is 1. The Bertz CT molecular complexity index is 986. The lowest BCUT2D eigenvalue weighted by Gasteiger charge is -2.27. The van der Waals surface area contributed by atoms with Gasteiger partial charge in [0, 0.05) is 35.5 Å². The lowest BCUT2D eigenvalue weighted by Crippen LogP contribution is -2.32. The fourth-order valence-corrected chi connectivity index (χ4v) is 4.60. The normalized spacial score (nSPS) is 15.4. The van der Waals surface area contributed by atoms with Gasteiger partial charge in [0.2, 0.25) is 5.89 Å². The van der Waals surface area contributed by atoms with E-state index in [1.807, 2.05) is 26.2 Å². The highest BCUT2D eigenvalue weighted by Gasteiger charge is 2.26. The molecule has 1 aliphatic rings. The highest BCUT2D eigenvalue weighted by molar-refractivity contribution is 7.10. The van der Waals surface area contributed by atoms with Crippen LogP contribution in [0, 0.1) is 20.8 Å². The van der Waals surface area contributed by atoms with Crippen LogP contribution in [0.2, 0.25) is 0 Å². The van der Waals surface area contributed by atoms with Crippen molar-refractivity contribution in [3.05, 3.63) is 50.1 Å². The molecule has 148 valence electrons. The van der Waals surface area contributed by atoms with Gasteiger partial charge < -0.3 is 14.4 Å². The highest BCUT2D eigenvalue weighted by Crippen LogP contribution is 2.30. The van der Waals surface area contributed by atoms with E-state index in [4.69, 9.17) is 9.05 Å². The number of fused-ring (bicyclic) bond motifs is 1. The third-order valence-corrected chi connectivity index (χ3v) is 6.11. The lowest BCUT2D eigenvalue weighted by atomic mass is 10.0. The number of aryl methyl sites for hydroxylation is 3. The second-order valence-electron chi connectivity index (χ2n) is 7.19. The molecule has 9 heteroatoms. The van der Waals surface area contributed by atoms with Crippen molar-refractivity contribution in [1.82, 2.24) is 25.5 Å². The van der Waals surface area contributed by atoms with Gasteiger partial charge in [-0.3, -0.25) is 9.69 Å². The number of hydrogen-bond acceptors (Lipinski definition) is 8. The van der Waals surface area contributed by atoms with Crippen LogP contribution in [0.15, 0.2) is 14.4 Å². The minimum atomic E-state index is -0.330. The van der Waals surface area contributed by atoms with Crippen LogP contribution in [0.5, 0.6) is 0 Å². The molecule has 0 saturated carbocycles. The molecule has 8 nitrogen and oxygen atoms in total. The third kappa shape index (κ3) is 3.59. The van der Waals surface area contributed by atoms with Crippen LogP contribution in [0.4, 0.5) is 0 Å². The molecule has 1 N–H and O–H groups in total. The van der Waals surface area contributed by atoms with Gasteiger partial charge in [0.15, 0.2) is 5.82 Å². The Labute approximate surface area is 166 Å². The number of thiophene rings is 1. The molecule has 0 aliphatic carbocycles. The molecule has 0 aromatic carbocycles. The molecule has 1 amide bonds. The number of aromatic nitrogens is 3. The van der Waals surface area contributed by atoms with Gasteiger partial charge in [-0.2, -0.15) is 4.98 Å². The molecule has 1 atom stereocenters. The van der Waals surface area contributed by atoms with Gasteiger partial charge in [0.05, 0.1) is 11.3 Å². The number of hydrogen-bond donors (Lipinski definition) is 1. The van der Waals surface area contributed by atoms with E-state index in [0.29, 0.717) is 11.7 Å². The van der Waals surface area contributed by atoms with E-state index in [1.54, 1.807) is 18.3 Å². The lowest BCUT2D eigenvalue weighted by molar-refractivity contribution is 0.0931. The van der Waals surface area contributed by atoms with Gasteiger partial charge in [0.25, 0.3) is 5.91 Å². The largest absolute Gasteiger partial charge is 0.361 e. The predicted molar refractivity (Wildman–Crippen MR) is 103 cm³/mol. The first-order valence-electron chi connectivity index (χ1n) is 9.26. The summed E-state index contributed by atoms with van der Waals surface area (Å²) >= 11 is 1.64. The van der Waals surface area contributed by atoms with Crippen LogP contribution in [0.3, 0.4) is 0 Å². The molecule has 4 heterocycles. The van der Waals surface area contributed by atoms with Crippen molar-refractivity contribution in [3.8, 4) is 0 Å². The first-order valence-corrected chi connectivity index (χ1v) is 10.1. The number of amides is 1. The zero-order chi connectivity index (χ0) is 19.8. The standard InChI is InChI=1S/C19H23N5O3S/c1-10-15(12(3)26-22-10)7-24-6-5-14-16(9-28-17(14)8-24)18(25)20-11(2)19-21-13(4)23-27-19/h9,11H,5-8H2,1-4H3,(H,20,25)/t11-/m0/s1. The number of nitrogens with one attached hydrogen (secondary N) is 1. The van der Waals surface area contributed by atoms with E-state index in [1.165, 1.54) is 4.88 Å². The molecule has 0 unspecified atom stereocenters. The zero-order valence-electron chi connectivity index (χ0n) is 16.4. The average molecular weight is 401 g/mol. The number of nitrogens with zero attached hydrogens (tertiary/aromatic N) is 4. The second kappa shape index (κ2) is 7.48. The molecule has 1 aliphatic heterocycles. The first kappa shape index (κ1) is 18.8. The molecule has 28 heavy (non-hydrogen) atoms. The molecule has 3 aromatic heterocycles. The smallest absolute Gasteiger partial charge is 0.253 e. The Balaban J connectivity index is 1.44. The van der Waals surface area contributed by atoms with E-state index in [-0.39, 0.29) is 11.9 Å². The van der Waals surface area contributed by atoms with Crippen molar-refractivity contribution in [2.45, 2.75) is 53.2 Å². The molecule has 4 rings (SSSR count). The van der Waals surface area contributed by atoms with Crippen LogP contribution in [-0.2, 0) is 19.5 Å². The molecule has 0 bridgehead atoms. The molecule has 0 fully saturated rings. The maximum Gasteiger partial charge on any atom is 0.253 e. The first-order chi connectivity index (χ1) is 13.4. The Kier molecular flexibility index (Phi) is 5.03. The summed E-state index contributed by atoms with van der Waals surface area (Å²) in [6.07, 6.45) is 0.846. The second-order valence-corrected chi connectivity index (χ2v) is 8.15. The van der Waals surface area contributed by atoms with Crippen LogP contribution >= 0.6 is 11.3 Å². The van der Waals surface area contributed by atoms with Crippen molar-refractivity contribution < 1.29 is 13.8 Å². The maximum atomic E-state index is 12.8. The minimum Gasteiger partial charge on any atom is -0.361 e. The summed E-state index contributed by atoms with van der Waals surface area (Å²) in [6, 6.07) is -0.330. The fourth-order valence-electron chi connectivity index (χ4n) is 3.48.